The standard InChI is InChI=1S/C29H33N3O7S/c1-28-8-7-23(34)29(2,14-33)22(28)12-21-25(31-27(40-21)32-26(36)19-4-3-9-37-19)17(28)11-24(35)30-13-16-5-6-18-20(10-16)39-15-38-18/h3-6,9-10,17,22-23,33-34H,7-8,11-15H2,1-2H3,(H,30,35)(H,31,32,36). The van der Waals surface area contributed by atoms with E-state index in [9.17, 15) is 19.8 Å². The summed E-state index contributed by atoms with van der Waals surface area (Å²) in [5.74, 6) is 0.673. The molecular weight excluding hydrogens is 534 g/mol. The van der Waals surface area contributed by atoms with Crippen LogP contribution in [0.25, 0.3) is 0 Å². The third kappa shape index (κ3) is 4.55. The van der Waals surface area contributed by atoms with Gasteiger partial charge in [-0.3, -0.25) is 14.9 Å². The van der Waals surface area contributed by atoms with Crippen molar-refractivity contribution < 1.29 is 33.7 Å². The number of amides is 2. The van der Waals surface area contributed by atoms with Gasteiger partial charge in [0.2, 0.25) is 12.7 Å². The van der Waals surface area contributed by atoms with Crippen LogP contribution in [0.4, 0.5) is 5.13 Å². The van der Waals surface area contributed by atoms with Crippen LogP contribution in [0.15, 0.2) is 41.0 Å². The molecule has 11 heteroatoms. The Morgan fingerprint density at radius 2 is 2.02 bits per heavy atom. The van der Waals surface area contributed by atoms with E-state index in [4.69, 9.17) is 18.9 Å². The summed E-state index contributed by atoms with van der Waals surface area (Å²) >= 11 is 1.37. The summed E-state index contributed by atoms with van der Waals surface area (Å²) in [5.41, 5.74) is 0.577. The molecule has 0 saturated heterocycles. The molecule has 0 bridgehead atoms. The van der Waals surface area contributed by atoms with Crippen LogP contribution >= 0.6 is 11.3 Å². The summed E-state index contributed by atoms with van der Waals surface area (Å²) in [7, 11) is 0. The largest absolute Gasteiger partial charge is 0.459 e. The zero-order valence-electron chi connectivity index (χ0n) is 22.4. The number of furan rings is 1. The van der Waals surface area contributed by atoms with Gasteiger partial charge in [0, 0.05) is 29.2 Å². The molecule has 1 aromatic carbocycles. The van der Waals surface area contributed by atoms with Crippen molar-refractivity contribution in [2.75, 3.05) is 18.7 Å². The predicted molar refractivity (Wildman–Crippen MR) is 146 cm³/mol. The first-order valence-electron chi connectivity index (χ1n) is 13.5. The normalized spacial score (nSPS) is 28.4. The van der Waals surface area contributed by atoms with Crippen LogP contribution in [0, 0.1) is 16.7 Å². The Morgan fingerprint density at radius 3 is 2.80 bits per heavy atom. The summed E-state index contributed by atoms with van der Waals surface area (Å²) in [4.78, 5) is 31.9. The molecule has 5 unspecified atom stereocenters. The smallest absolute Gasteiger partial charge is 0.293 e. The molecule has 4 N–H and O–H groups in total. The van der Waals surface area contributed by atoms with Crippen molar-refractivity contribution >= 4 is 28.3 Å². The average Bonchev–Trinajstić information content (AvgIpc) is 3.71. The summed E-state index contributed by atoms with van der Waals surface area (Å²) in [6.45, 7) is 4.45. The molecule has 2 amide bonds. The fourth-order valence-corrected chi connectivity index (χ4v) is 7.84. The number of aliphatic hydroxyl groups excluding tert-OH is 2. The Bertz CT molecular complexity index is 1420. The van der Waals surface area contributed by atoms with Crippen LogP contribution in [0.1, 0.15) is 65.7 Å². The van der Waals surface area contributed by atoms with E-state index in [1.54, 1.807) is 12.1 Å². The Morgan fingerprint density at radius 1 is 1.20 bits per heavy atom. The number of nitrogens with one attached hydrogen (secondary N) is 2. The summed E-state index contributed by atoms with van der Waals surface area (Å²) < 4.78 is 16.0. The van der Waals surface area contributed by atoms with Crippen LogP contribution in [0.3, 0.4) is 0 Å². The topological polar surface area (TPSA) is 143 Å². The lowest BCUT2D eigenvalue weighted by atomic mass is 9.47. The molecule has 212 valence electrons. The highest BCUT2D eigenvalue weighted by atomic mass is 32.1. The van der Waals surface area contributed by atoms with Crippen molar-refractivity contribution in [1.82, 2.24) is 10.3 Å². The summed E-state index contributed by atoms with van der Waals surface area (Å²) in [6.07, 6.45) is 2.80. The lowest BCUT2D eigenvalue weighted by Gasteiger charge is -2.58. The SMILES string of the molecule is CC1(CO)C(O)CCC2(C)C(CC(=O)NCc3ccc4c(c3)OCO4)c3nc(NC(=O)c4ccco4)sc3CC12. The van der Waals surface area contributed by atoms with Crippen LogP contribution in [-0.2, 0) is 17.8 Å². The third-order valence-electron chi connectivity index (χ3n) is 9.18. The van der Waals surface area contributed by atoms with Gasteiger partial charge in [0.1, 0.15) is 0 Å². The molecule has 3 aromatic rings. The van der Waals surface area contributed by atoms with E-state index in [1.165, 1.54) is 17.6 Å². The number of rotatable bonds is 7. The number of nitrogens with zero attached hydrogens (tertiary/aromatic N) is 1. The van der Waals surface area contributed by atoms with Crippen molar-refractivity contribution in [2.45, 2.75) is 58.1 Å². The van der Waals surface area contributed by atoms with Gasteiger partial charge in [-0.15, -0.1) is 11.3 Å². The molecule has 5 atom stereocenters. The van der Waals surface area contributed by atoms with Gasteiger partial charge in [-0.05, 0) is 60.4 Å². The number of aliphatic hydroxyl groups is 2. The van der Waals surface area contributed by atoms with E-state index in [1.807, 2.05) is 25.1 Å². The number of hydrogen-bond acceptors (Lipinski definition) is 9. The third-order valence-corrected chi connectivity index (χ3v) is 10.2. The molecule has 40 heavy (non-hydrogen) atoms. The second kappa shape index (κ2) is 10.2. The fraction of sp³-hybridized carbons (Fsp3) is 0.483. The number of aromatic nitrogens is 1. The lowest BCUT2D eigenvalue weighted by Crippen LogP contribution is -2.57. The minimum absolute atomic E-state index is 0.0815. The van der Waals surface area contributed by atoms with Gasteiger partial charge >= 0.3 is 0 Å². The Balaban J connectivity index is 1.27. The number of anilines is 1. The van der Waals surface area contributed by atoms with E-state index < -0.39 is 22.8 Å². The highest BCUT2D eigenvalue weighted by Crippen LogP contribution is 2.62. The van der Waals surface area contributed by atoms with Gasteiger partial charge in [-0.2, -0.15) is 0 Å². The average molecular weight is 568 g/mol. The maximum Gasteiger partial charge on any atom is 0.293 e. The maximum atomic E-state index is 13.4. The van der Waals surface area contributed by atoms with Crippen LogP contribution in [0.5, 0.6) is 11.5 Å². The van der Waals surface area contributed by atoms with Gasteiger partial charge in [0.05, 0.1) is 24.7 Å². The number of benzene rings is 1. The summed E-state index contributed by atoms with van der Waals surface area (Å²) in [6, 6.07) is 8.82. The molecular formula is C29H33N3O7S. The predicted octanol–water partition coefficient (Wildman–Crippen LogP) is 3.84. The maximum absolute atomic E-state index is 13.4. The lowest BCUT2D eigenvalue weighted by molar-refractivity contribution is -0.144. The zero-order valence-corrected chi connectivity index (χ0v) is 23.3. The number of fused-ring (bicyclic) bond motifs is 3. The fourth-order valence-electron chi connectivity index (χ4n) is 6.77. The molecule has 1 aliphatic heterocycles. The molecule has 2 aliphatic carbocycles. The van der Waals surface area contributed by atoms with Crippen molar-refractivity contribution in [3.63, 3.8) is 0 Å². The second-order valence-electron chi connectivity index (χ2n) is 11.5. The van der Waals surface area contributed by atoms with Crippen molar-refractivity contribution in [3.8, 4) is 11.5 Å². The Labute approximate surface area is 235 Å². The van der Waals surface area contributed by atoms with E-state index in [-0.39, 0.29) is 43.3 Å². The van der Waals surface area contributed by atoms with Crippen LogP contribution in [0.2, 0.25) is 0 Å². The zero-order chi connectivity index (χ0) is 28.1. The van der Waals surface area contributed by atoms with Crippen molar-refractivity contribution in [2.24, 2.45) is 16.7 Å². The molecule has 2 aromatic heterocycles. The van der Waals surface area contributed by atoms with Crippen molar-refractivity contribution in [3.05, 3.63) is 58.5 Å². The Kier molecular flexibility index (Phi) is 6.84. The molecule has 3 heterocycles. The molecule has 1 saturated carbocycles. The van der Waals surface area contributed by atoms with Gasteiger partial charge in [0.25, 0.3) is 5.91 Å². The molecule has 1 fully saturated rings. The first-order chi connectivity index (χ1) is 19.2. The van der Waals surface area contributed by atoms with Crippen LogP contribution in [-0.4, -0.2) is 46.5 Å². The highest BCUT2D eigenvalue weighted by molar-refractivity contribution is 7.15. The van der Waals surface area contributed by atoms with Gasteiger partial charge < -0.3 is 29.4 Å². The van der Waals surface area contributed by atoms with Crippen molar-refractivity contribution in [1.29, 1.82) is 0 Å². The van der Waals surface area contributed by atoms with E-state index in [2.05, 4.69) is 17.6 Å². The number of ether oxygens (including phenoxy) is 2. The van der Waals surface area contributed by atoms with E-state index in [0.29, 0.717) is 42.4 Å². The molecule has 6 rings (SSSR count). The first-order valence-corrected chi connectivity index (χ1v) is 14.3. The monoisotopic (exact) mass is 567 g/mol. The van der Waals surface area contributed by atoms with Gasteiger partial charge in [0.15, 0.2) is 22.4 Å². The minimum Gasteiger partial charge on any atom is -0.459 e. The molecule has 10 nitrogen and oxygen atoms in total. The van der Waals surface area contributed by atoms with Gasteiger partial charge in [-0.1, -0.05) is 19.9 Å². The first kappa shape index (κ1) is 26.8. The number of carbonyl (C=O) groups excluding carboxylic acids is 2. The van der Waals surface area contributed by atoms with E-state index >= 15 is 0 Å². The van der Waals surface area contributed by atoms with E-state index in [0.717, 1.165) is 16.1 Å². The quantitative estimate of drug-likeness (QED) is 0.337. The highest BCUT2D eigenvalue weighted by Gasteiger charge is 2.59. The summed E-state index contributed by atoms with van der Waals surface area (Å²) in [5, 5.41) is 27.7. The van der Waals surface area contributed by atoms with Gasteiger partial charge in [-0.25, -0.2) is 4.98 Å². The second-order valence-corrected chi connectivity index (χ2v) is 12.5. The molecule has 0 spiro atoms. The number of carbonyl (C=O) groups is 2. The molecule has 3 aliphatic rings. The number of thiazole rings is 1. The molecule has 0 radical (unpaired) electrons. The Hall–Kier alpha value is -3.41. The van der Waals surface area contributed by atoms with Crippen LogP contribution < -0.4 is 20.1 Å². The number of hydrogen-bond donors (Lipinski definition) is 4. The minimum atomic E-state index is -0.729.